The zero-order chi connectivity index (χ0) is 20.4. The molecule has 1 aliphatic rings. The molecular weight excluding hydrogens is 376 g/mol. The van der Waals surface area contributed by atoms with Crippen LogP contribution in [0.4, 0.5) is 5.69 Å². The molecule has 0 spiro atoms. The van der Waals surface area contributed by atoms with Crippen LogP contribution < -0.4 is 14.8 Å². The number of hydrogen-bond donors (Lipinski definition) is 1. The van der Waals surface area contributed by atoms with Gasteiger partial charge in [-0.3, -0.25) is 4.79 Å². The third-order valence-electron chi connectivity index (χ3n) is 4.58. The number of hydrogen-bond acceptors (Lipinski definition) is 7. The Morgan fingerprint density at radius 3 is 2.62 bits per heavy atom. The number of amides is 1. The van der Waals surface area contributed by atoms with Crippen molar-refractivity contribution in [3.05, 3.63) is 60.2 Å². The van der Waals surface area contributed by atoms with Crippen LogP contribution in [0.15, 0.2) is 49.1 Å². The lowest BCUT2D eigenvalue weighted by Crippen LogP contribution is -2.15. The molecule has 2 aromatic carbocycles. The second-order valence-corrected chi connectivity index (χ2v) is 6.30. The zero-order valence-electron chi connectivity index (χ0n) is 15.8. The van der Waals surface area contributed by atoms with E-state index in [1.54, 1.807) is 35.3 Å². The quantitative estimate of drug-likeness (QED) is 0.641. The largest absolute Gasteiger partial charge is 0.493 e. The second-order valence-electron chi connectivity index (χ2n) is 6.30. The van der Waals surface area contributed by atoms with E-state index in [0.717, 1.165) is 5.69 Å². The summed E-state index contributed by atoms with van der Waals surface area (Å²) in [6.45, 7) is 0. The van der Waals surface area contributed by atoms with Crippen molar-refractivity contribution in [3.63, 3.8) is 0 Å². The van der Waals surface area contributed by atoms with E-state index < -0.39 is 12.1 Å². The Morgan fingerprint density at radius 1 is 1.17 bits per heavy atom. The third kappa shape index (κ3) is 3.49. The summed E-state index contributed by atoms with van der Waals surface area (Å²) in [5.41, 5.74) is 2.34. The van der Waals surface area contributed by atoms with E-state index in [-0.39, 0.29) is 12.3 Å². The van der Waals surface area contributed by atoms with Gasteiger partial charge < -0.3 is 19.5 Å². The number of fused-ring (bicyclic) bond motifs is 1. The highest BCUT2D eigenvalue weighted by Gasteiger charge is 2.36. The molecule has 1 aliphatic heterocycles. The van der Waals surface area contributed by atoms with Gasteiger partial charge in [-0.25, -0.2) is 14.5 Å². The molecule has 9 heteroatoms. The van der Waals surface area contributed by atoms with E-state index in [1.807, 2.05) is 12.1 Å². The Morgan fingerprint density at radius 2 is 1.97 bits per heavy atom. The molecule has 9 nitrogen and oxygen atoms in total. The number of benzene rings is 2. The first kappa shape index (κ1) is 18.5. The Labute approximate surface area is 166 Å². The fourth-order valence-electron chi connectivity index (χ4n) is 3.24. The molecule has 148 valence electrons. The van der Waals surface area contributed by atoms with Crippen LogP contribution in [0.1, 0.15) is 28.4 Å². The third-order valence-corrected chi connectivity index (χ3v) is 4.58. The number of rotatable bonds is 6. The molecule has 29 heavy (non-hydrogen) atoms. The summed E-state index contributed by atoms with van der Waals surface area (Å²) in [5.74, 6) is -0.0768. The van der Waals surface area contributed by atoms with E-state index in [0.29, 0.717) is 28.3 Å². The lowest BCUT2D eigenvalue weighted by Gasteiger charge is -2.13. The minimum Gasteiger partial charge on any atom is -0.493 e. The van der Waals surface area contributed by atoms with Gasteiger partial charge in [0.1, 0.15) is 24.3 Å². The van der Waals surface area contributed by atoms with Crippen LogP contribution in [0.25, 0.3) is 5.69 Å². The summed E-state index contributed by atoms with van der Waals surface area (Å²) in [4.78, 5) is 28.7. The molecule has 1 atom stereocenters. The average Bonchev–Trinajstić information content (AvgIpc) is 3.37. The van der Waals surface area contributed by atoms with Crippen molar-refractivity contribution in [2.75, 3.05) is 19.5 Å². The predicted octanol–water partition coefficient (Wildman–Crippen LogP) is 2.52. The maximum atomic E-state index is 12.5. The van der Waals surface area contributed by atoms with Crippen LogP contribution in [-0.2, 0) is 9.53 Å². The highest BCUT2D eigenvalue weighted by atomic mass is 16.6. The molecule has 2 heterocycles. The number of esters is 1. The highest BCUT2D eigenvalue weighted by molar-refractivity contribution is 5.99. The molecule has 0 aliphatic carbocycles. The van der Waals surface area contributed by atoms with Crippen molar-refractivity contribution < 1.29 is 23.8 Å². The summed E-state index contributed by atoms with van der Waals surface area (Å²) >= 11 is 0. The molecular formula is C20H18N4O5. The van der Waals surface area contributed by atoms with Crippen molar-refractivity contribution in [3.8, 4) is 17.2 Å². The van der Waals surface area contributed by atoms with Gasteiger partial charge in [0.15, 0.2) is 11.5 Å². The van der Waals surface area contributed by atoms with E-state index in [4.69, 9.17) is 14.2 Å². The zero-order valence-corrected chi connectivity index (χ0v) is 15.8. The molecule has 1 N–H and O–H groups in total. The minimum absolute atomic E-state index is 0.0148. The SMILES string of the molecule is COc1ccc2c(c1OC)C(=O)O[C@@H]2CC(=O)Nc1ccc(-n2cncn2)cc1. The summed E-state index contributed by atoms with van der Waals surface area (Å²) in [5, 5.41) is 6.86. The van der Waals surface area contributed by atoms with Crippen LogP contribution in [0.5, 0.6) is 11.5 Å². The van der Waals surface area contributed by atoms with Crippen molar-refractivity contribution in [1.29, 1.82) is 0 Å². The van der Waals surface area contributed by atoms with Gasteiger partial charge in [0.2, 0.25) is 5.91 Å². The Balaban J connectivity index is 1.47. The standard InChI is InChI=1S/C20H18N4O5/c1-27-15-8-7-14-16(29-20(26)18(14)19(15)28-2)9-17(25)23-12-3-5-13(6-4-12)24-11-21-10-22-24/h3-8,10-11,16H,9H2,1-2H3,(H,23,25)/t16-/m1/s1. The van der Waals surface area contributed by atoms with Crippen LogP contribution in [0, 0.1) is 0 Å². The van der Waals surface area contributed by atoms with Crippen molar-refractivity contribution in [2.45, 2.75) is 12.5 Å². The lowest BCUT2D eigenvalue weighted by molar-refractivity contribution is -0.118. The van der Waals surface area contributed by atoms with Gasteiger partial charge in [0.25, 0.3) is 0 Å². The normalized spacial score (nSPS) is 14.8. The first-order valence-electron chi connectivity index (χ1n) is 8.81. The lowest BCUT2D eigenvalue weighted by atomic mass is 10.0. The number of nitrogens with zero attached hydrogens (tertiary/aromatic N) is 3. The highest BCUT2D eigenvalue weighted by Crippen LogP contribution is 2.43. The van der Waals surface area contributed by atoms with E-state index in [9.17, 15) is 9.59 Å². The first-order chi connectivity index (χ1) is 14.1. The van der Waals surface area contributed by atoms with Gasteiger partial charge in [0.05, 0.1) is 26.3 Å². The maximum absolute atomic E-state index is 12.5. The van der Waals surface area contributed by atoms with Crippen LogP contribution in [0.2, 0.25) is 0 Å². The number of ether oxygens (including phenoxy) is 3. The molecule has 1 aromatic heterocycles. The Bertz CT molecular complexity index is 1050. The minimum atomic E-state index is -0.688. The van der Waals surface area contributed by atoms with Crippen molar-refractivity contribution >= 4 is 17.6 Å². The number of methoxy groups -OCH3 is 2. The number of cyclic esters (lactones) is 1. The monoisotopic (exact) mass is 394 g/mol. The smallest absolute Gasteiger partial charge is 0.343 e. The number of carbonyl (C=O) groups excluding carboxylic acids is 2. The summed E-state index contributed by atoms with van der Waals surface area (Å²) in [6.07, 6.45) is 2.33. The van der Waals surface area contributed by atoms with Gasteiger partial charge in [-0.05, 0) is 30.3 Å². The molecule has 0 unspecified atom stereocenters. The Kier molecular flexibility index (Phi) is 4.86. The van der Waals surface area contributed by atoms with Crippen LogP contribution in [-0.4, -0.2) is 40.9 Å². The second kappa shape index (κ2) is 7.63. The number of aromatic nitrogens is 3. The average molecular weight is 394 g/mol. The maximum Gasteiger partial charge on any atom is 0.343 e. The predicted molar refractivity (Wildman–Crippen MR) is 102 cm³/mol. The number of nitrogens with one attached hydrogen (secondary N) is 1. The molecule has 0 saturated carbocycles. The topological polar surface area (TPSA) is 105 Å². The van der Waals surface area contributed by atoms with Gasteiger partial charge >= 0.3 is 5.97 Å². The fourth-order valence-corrected chi connectivity index (χ4v) is 3.24. The van der Waals surface area contributed by atoms with Gasteiger partial charge in [-0.15, -0.1) is 0 Å². The summed E-state index contributed by atoms with van der Waals surface area (Å²) in [7, 11) is 2.94. The van der Waals surface area contributed by atoms with E-state index >= 15 is 0 Å². The fraction of sp³-hybridized carbons (Fsp3) is 0.200. The van der Waals surface area contributed by atoms with Gasteiger partial charge in [0, 0.05) is 11.3 Å². The molecule has 0 fully saturated rings. The van der Waals surface area contributed by atoms with Crippen LogP contribution >= 0.6 is 0 Å². The van der Waals surface area contributed by atoms with Crippen LogP contribution in [0.3, 0.4) is 0 Å². The molecule has 3 aromatic rings. The molecule has 0 bridgehead atoms. The Hall–Kier alpha value is -3.88. The van der Waals surface area contributed by atoms with Gasteiger partial charge in [-0.2, -0.15) is 5.10 Å². The number of anilines is 1. The van der Waals surface area contributed by atoms with Crippen molar-refractivity contribution in [1.82, 2.24) is 14.8 Å². The van der Waals surface area contributed by atoms with Crippen molar-refractivity contribution in [2.24, 2.45) is 0 Å². The summed E-state index contributed by atoms with van der Waals surface area (Å²) < 4.78 is 17.5. The molecule has 1 amide bonds. The molecule has 4 rings (SSSR count). The molecule has 0 saturated heterocycles. The van der Waals surface area contributed by atoms with Gasteiger partial charge in [-0.1, -0.05) is 6.07 Å². The van der Waals surface area contributed by atoms with E-state index in [1.165, 1.54) is 20.5 Å². The van der Waals surface area contributed by atoms with E-state index in [2.05, 4.69) is 15.4 Å². The first-order valence-corrected chi connectivity index (χ1v) is 8.81. The molecule has 0 radical (unpaired) electrons. The number of carbonyl (C=O) groups is 2. The summed E-state index contributed by atoms with van der Waals surface area (Å²) in [6, 6.07) is 10.5.